The molecule has 0 saturated carbocycles. The van der Waals surface area contributed by atoms with Crippen LogP contribution in [0.4, 0.5) is 4.39 Å². The number of aromatic nitrogens is 2. The average molecular weight is 297 g/mol. The number of carbonyl (C=O) groups is 1. The van der Waals surface area contributed by atoms with Gasteiger partial charge in [0, 0.05) is 25.4 Å². The third-order valence-corrected chi connectivity index (χ3v) is 3.11. The Hall–Kier alpha value is -1.92. The van der Waals surface area contributed by atoms with E-state index in [1.54, 1.807) is 30.2 Å². The first kappa shape index (κ1) is 14.5. The molecular formula is C13H14ClFN4O. The van der Waals surface area contributed by atoms with Crippen molar-refractivity contribution in [3.05, 3.63) is 52.6 Å². The number of nitrogens with one attached hydrogen (secondary N) is 1. The molecule has 1 heterocycles. The topological polar surface area (TPSA) is 72.9 Å². The van der Waals surface area contributed by atoms with Gasteiger partial charge in [-0.2, -0.15) is 5.10 Å². The lowest BCUT2D eigenvalue weighted by atomic mass is 10.1. The van der Waals surface area contributed by atoms with Crippen molar-refractivity contribution in [1.29, 1.82) is 0 Å². The molecule has 5 nitrogen and oxygen atoms in total. The number of amides is 1. The number of aryl methyl sites for hydroxylation is 1. The number of nitrogens with two attached hydrogens (primary N) is 1. The SMILES string of the molecule is Cn1cc(C(N)C(=O)NCc2ccc(F)c(Cl)c2)cn1. The Labute approximate surface area is 120 Å². The molecule has 0 aliphatic rings. The second-order valence-corrected chi connectivity index (χ2v) is 4.80. The molecule has 2 aromatic rings. The molecule has 0 aliphatic heterocycles. The van der Waals surface area contributed by atoms with Gasteiger partial charge in [-0.3, -0.25) is 9.48 Å². The molecule has 0 spiro atoms. The summed E-state index contributed by atoms with van der Waals surface area (Å²) in [6.45, 7) is 0.229. The number of halogens is 2. The van der Waals surface area contributed by atoms with E-state index in [4.69, 9.17) is 17.3 Å². The molecular weight excluding hydrogens is 283 g/mol. The van der Waals surface area contributed by atoms with E-state index in [0.717, 1.165) is 0 Å². The first-order valence-corrected chi connectivity index (χ1v) is 6.31. The summed E-state index contributed by atoms with van der Waals surface area (Å²) in [5, 5.41) is 6.65. The van der Waals surface area contributed by atoms with E-state index in [9.17, 15) is 9.18 Å². The standard InChI is InChI=1S/C13H14ClFN4O/c1-19-7-9(6-18-19)12(16)13(20)17-5-8-2-3-11(15)10(14)4-8/h2-4,6-7,12H,5,16H2,1H3,(H,17,20). The number of hydrogen-bond acceptors (Lipinski definition) is 3. The Morgan fingerprint density at radius 2 is 2.35 bits per heavy atom. The highest BCUT2D eigenvalue weighted by Crippen LogP contribution is 2.16. The van der Waals surface area contributed by atoms with Crippen LogP contribution in [-0.4, -0.2) is 15.7 Å². The summed E-state index contributed by atoms with van der Waals surface area (Å²) < 4.78 is 14.6. The Morgan fingerprint density at radius 1 is 1.60 bits per heavy atom. The van der Waals surface area contributed by atoms with Gasteiger partial charge in [-0.15, -0.1) is 0 Å². The molecule has 0 fully saturated rings. The second kappa shape index (κ2) is 6.02. The fourth-order valence-corrected chi connectivity index (χ4v) is 1.90. The van der Waals surface area contributed by atoms with E-state index in [2.05, 4.69) is 10.4 Å². The number of carbonyl (C=O) groups excluding carboxylic acids is 1. The predicted molar refractivity (Wildman–Crippen MR) is 73.4 cm³/mol. The first-order valence-electron chi connectivity index (χ1n) is 5.93. The van der Waals surface area contributed by atoms with Gasteiger partial charge in [0.2, 0.25) is 5.91 Å². The molecule has 0 bridgehead atoms. The highest BCUT2D eigenvalue weighted by atomic mass is 35.5. The van der Waals surface area contributed by atoms with Gasteiger partial charge >= 0.3 is 0 Å². The van der Waals surface area contributed by atoms with E-state index in [1.165, 1.54) is 12.1 Å². The molecule has 1 amide bonds. The van der Waals surface area contributed by atoms with Crippen LogP contribution in [0.15, 0.2) is 30.6 Å². The zero-order chi connectivity index (χ0) is 14.7. The minimum absolute atomic E-state index is 0.0216. The van der Waals surface area contributed by atoms with Crippen LogP contribution in [0.2, 0.25) is 5.02 Å². The third-order valence-electron chi connectivity index (χ3n) is 2.82. The monoisotopic (exact) mass is 296 g/mol. The number of nitrogens with zero attached hydrogens (tertiary/aromatic N) is 2. The van der Waals surface area contributed by atoms with E-state index in [-0.39, 0.29) is 17.5 Å². The summed E-state index contributed by atoms with van der Waals surface area (Å²) >= 11 is 5.67. The van der Waals surface area contributed by atoms with Crippen molar-refractivity contribution in [2.24, 2.45) is 12.8 Å². The summed E-state index contributed by atoms with van der Waals surface area (Å²) in [5.74, 6) is -0.827. The van der Waals surface area contributed by atoms with Gasteiger partial charge < -0.3 is 11.1 Å². The summed E-state index contributed by atoms with van der Waals surface area (Å²) in [6.07, 6.45) is 3.22. The summed E-state index contributed by atoms with van der Waals surface area (Å²) in [4.78, 5) is 11.9. The molecule has 1 aromatic carbocycles. The molecule has 20 heavy (non-hydrogen) atoms. The van der Waals surface area contributed by atoms with E-state index < -0.39 is 11.9 Å². The maximum Gasteiger partial charge on any atom is 0.241 e. The lowest BCUT2D eigenvalue weighted by molar-refractivity contribution is -0.122. The fourth-order valence-electron chi connectivity index (χ4n) is 1.70. The smallest absolute Gasteiger partial charge is 0.241 e. The Morgan fingerprint density at radius 3 is 2.95 bits per heavy atom. The molecule has 7 heteroatoms. The highest BCUT2D eigenvalue weighted by molar-refractivity contribution is 6.30. The van der Waals surface area contributed by atoms with Crippen LogP contribution in [0, 0.1) is 5.82 Å². The van der Waals surface area contributed by atoms with E-state index in [0.29, 0.717) is 11.1 Å². The lowest BCUT2D eigenvalue weighted by Gasteiger charge is -2.11. The number of benzene rings is 1. The molecule has 106 valence electrons. The van der Waals surface area contributed by atoms with Crippen LogP contribution in [0.25, 0.3) is 0 Å². The van der Waals surface area contributed by atoms with E-state index >= 15 is 0 Å². The van der Waals surface area contributed by atoms with Crippen LogP contribution in [0.3, 0.4) is 0 Å². The van der Waals surface area contributed by atoms with Crippen molar-refractivity contribution in [2.45, 2.75) is 12.6 Å². The van der Waals surface area contributed by atoms with Crippen molar-refractivity contribution in [3.8, 4) is 0 Å². The van der Waals surface area contributed by atoms with Crippen molar-refractivity contribution in [1.82, 2.24) is 15.1 Å². The predicted octanol–water partition coefficient (Wildman–Crippen LogP) is 1.53. The molecule has 0 aliphatic carbocycles. The normalized spacial score (nSPS) is 12.2. The maximum absolute atomic E-state index is 13.0. The van der Waals surface area contributed by atoms with Gasteiger partial charge in [0.25, 0.3) is 0 Å². The van der Waals surface area contributed by atoms with Crippen molar-refractivity contribution in [3.63, 3.8) is 0 Å². The zero-order valence-electron chi connectivity index (χ0n) is 10.8. The Bertz CT molecular complexity index is 629. The van der Waals surface area contributed by atoms with Crippen LogP contribution in [-0.2, 0) is 18.4 Å². The maximum atomic E-state index is 13.0. The molecule has 1 atom stereocenters. The molecule has 0 radical (unpaired) electrons. The highest BCUT2D eigenvalue weighted by Gasteiger charge is 2.16. The molecule has 1 aromatic heterocycles. The van der Waals surface area contributed by atoms with Gasteiger partial charge in [0.1, 0.15) is 11.9 Å². The number of rotatable bonds is 4. The van der Waals surface area contributed by atoms with Crippen molar-refractivity contribution in [2.75, 3.05) is 0 Å². The molecule has 1 unspecified atom stereocenters. The second-order valence-electron chi connectivity index (χ2n) is 4.39. The summed E-state index contributed by atoms with van der Waals surface area (Å²) in [5.41, 5.74) is 7.14. The van der Waals surface area contributed by atoms with Gasteiger partial charge in [-0.25, -0.2) is 4.39 Å². The fraction of sp³-hybridized carbons (Fsp3) is 0.231. The van der Waals surface area contributed by atoms with Crippen LogP contribution >= 0.6 is 11.6 Å². The zero-order valence-corrected chi connectivity index (χ0v) is 11.6. The summed E-state index contributed by atoms with van der Waals surface area (Å²) in [7, 11) is 1.74. The minimum atomic E-state index is -0.792. The molecule has 3 N–H and O–H groups in total. The van der Waals surface area contributed by atoms with Crippen molar-refractivity contribution < 1.29 is 9.18 Å². The lowest BCUT2D eigenvalue weighted by Crippen LogP contribution is -2.33. The van der Waals surface area contributed by atoms with Gasteiger partial charge in [-0.05, 0) is 17.7 Å². The molecule has 2 rings (SSSR count). The van der Waals surface area contributed by atoms with Crippen LogP contribution < -0.4 is 11.1 Å². The van der Waals surface area contributed by atoms with Gasteiger partial charge in [0.15, 0.2) is 0 Å². The quantitative estimate of drug-likeness (QED) is 0.898. The average Bonchev–Trinajstić information content (AvgIpc) is 2.85. The van der Waals surface area contributed by atoms with Gasteiger partial charge in [-0.1, -0.05) is 17.7 Å². The largest absolute Gasteiger partial charge is 0.350 e. The number of hydrogen-bond donors (Lipinski definition) is 2. The minimum Gasteiger partial charge on any atom is -0.350 e. The van der Waals surface area contributed by atoms with Crippen molar-refractivity contribution >= 4 is 17.5 Å². The molecule has 0 saturated heterocycles. The summed E-state index contributed by atoms with van der Waals surface area (Å²) in [6, 6.07) is 3.48. The van der Waals surface area contributed by atoms with E-state index in [1.807, 2.05) is 0 Å². The van der Waals surface area contributed by atoms with Crippen LogP contribution in [0.5, 0.6) is 0 Å². The van der Waals surface area contributed by atoms with Gasteiger partial charge in [0.05, 0.1) is 11.2 Å². The Kier molecular flexibility index (Phi) is 4.36. The first-order chi connectivity index (χ1) is 9.47. The Balaban J connectivity index is 1.96. The van der Waals surface area contributed by atoms with Crippen LogP contribution in [0.1, 0.15) is 17.2 Å². The third kappa shape index (κ3) is 3.34.